The number of nitrogens with one attached hydrogen (secondary N) is 1. The van der Waals surface area contributed by atoms with Crippen molar-refractivity contribution in [3.63, 3.8) is 0 Å². The monoisotopic (exact) mass is 389 g/mol. The molecule has 1 N–H and O–H groups in total. The fourth-order valence-electron chi connectivity index (χ4n) is 3.55. The number of methoxy groups -OCH3 is 1. The molecule has 0 aliphatic carbocycles. The van der Waals surface area contributed by atoms with Gasteiger partial charge in [0.25, 0.3) is 0 Å². The summed E-state index contributed by atoms with van der Waals surface area (Å²) < 4.78 is 34.1. The highest BCUT2D eigenvalue weighted by Gasteiger charge is 2.36. The van der Waals surface area contributed by atoms with Crippen LogP contribution in [0.5, 0.6) is 5.75 Å². The number of hydrogen-bond acceptors (Lipinski definition) is 5. The highest BCUT2D eigenvalue weighted by Crippen LogP contribution is 2.34. The third-order valence-electron chi connectivity index (χ3n) is 4.96. The van der Waals surface area contributed by atoms with Gasteiger partial charge in [0, 0.05) is 45.0 Å². The molecule has 0 aromatic heterocycles. The molecule has 1 atom stereocenters. The standard InChI is InChI=1S/C20H27N3O3S/c1-15-9-10-16(13-18(15)22(2)3)27(24,25)23-12-11-21-14-19(23)17-7-5-6-8-20(17)26-4/h5-10,13,19,21H,11-12,14H2,1-4H3. The molecule has 7 heteroatoms. The first-order valence-electron chi connectivity index (χ1n) is 8.99. The van der Waals surface area contributed by atoms with Gasteiger partial charge in [0.2, 0.25) is 10.0 Å². The number of rotatable bonds is 5. The van der Waals surface area contributed by atoms with E-state index in [0.717, 1.165) is 16.8 Å². The maximum absolute atomic E-state index is 13.5. The van der Waals surface area contributed by atoms with E-state index in [-0.39, 0.29) is 6.04 Å². The van der Waals surface area contributed by atoms with Crippen molar-refractivity contribution in [2.24, 2.45) is 0 Å². The lowest BCUT2D eigenvalue weighted by Gasteiger charge is -2.36. The maximum Gasteiger partial charge on any atom is 0.243 e. The minimum absolute atomic E-state index is 0.316. The second-order valence-corrected chi connectivity index (χ2v) is 8.81. The number of aryl methyl sites for hydroxylation is 1. The third kappa shape index (κ3) is 3.81. The Balaban J connectivity index is 2.05. The zero-order valence-electron chi connectivity index (χ0n) is 16.3. The summed E-state index contributed by atoms with van der Waals surface area (Å²) >= 11 is 0. The first-order chi connectivity index (χ1) is 12.9. The van der Waals surface area contributed by atoms with Gasteiger partial charge in [0.1, 0.15) is 5.75 Å². The molecule has 6 nitrogen and oxygen atoms in total. The molecule has 2 aromatic rings. The van der Waals surface area contributed by atoms with Gasteiger partial charge >= 0.3 is 0 Å². The Morgan fingerprint density at radius 2 is 1.93 bits per heavy atom. The van der Waals surface area contributed by atoms with E-state index in [9.17, 15) is 8.42 Å². The molecule has 27 heavy (non-hydrogen) atoms. The fraction of sp³-hybridized carbons (Fsp3) is 0.400. The predicted molar refractivity (Wildman–Crippen MR) is 108 cm³/mol. The Hall–Kier alpha value is -2.09. The van der Waals surface area contributed by atoms with Gasteiger partial charge in [0.15, 0.2) is 0 Å². The van der Waals surface area contributed by atoms with E-state index in [1.54, 1.807) is 23.5 Å². The topological polar surface area (TPSA) is 61.9 Å². The second-order valence-electron chi connectivity index (χ2n) is 6.92. The number of benzene rings is 2. The molecule has 3 rings (SSSR count). The molecule has 1 saturated heterocycles. The molecule has 0 spiro atoms. The number of hydrogen-bond donors (Lipinski definition) is 1. The molecule has 1 aliphatic heterocycles. The van der Waals surface area contributed by atoms with Gasteiger partial charge in [-0.2, -0.15) is 4.31 Å². The highest BCUT2D eigenvalue weighted by molar-refractivity contribution is 7.89. The van der Waals surface area contributed by atoms with Gasteiger partial charge in [-0.15, -0.1) is 0 Å². The van der Waals surface area contributed by atoms with E-state index < -0.39 is 10.0 Å². The molecule has 1 fully saturated rings. The zero-order chi connectivity index (χ0) is 19.6. The summed E-state index contributed by atoms with van der Waals surface area (Å²) in [6, 6.07) is 12.6. The summed E-state index contributed by atoms with van der Waals surface area (Å²) in [5.74, 6) is 0.698. The van der Waals surface area contributed by atoms with Crippen molar-refractivity contribution in [2.45, 2.75) is 17.9 Å². The average Bonchev–Trinajstić information content (AvgIpc) is 2.68. The Kier molecular flexibility index (Phi) is 5.74. The van der Waals surface area contributed by atoms with Crippen molar-refractivity contribution in [1.82, 2.24) is 9.62 Å². The molecular formula is C20H27N3O3S. The minimum Gasteiger partial charge on any atom is -0.496 e. The smallest absolute Gasteiger partial charge is 0.243 e. The summed E-state index contributed by atoms with van der Waals surface area (Å²) in [5, 5.41) is 3.31. The molecule has 0 amide bonds. The van der Waals surface area contributed by atoms with Crippen molar-refractivity contribution < 1.29 is 13.2 Å². The summed E-state index contributed by atoms with van der Waals surface area (Å²) in [6.07, 6.45) is 0. The van der Waals surface area contributed by atoms with Gasteiger partial charge in [0.05, 0.1) is 18.0 Å². The molecular weight excluding hydrogens is 362 g/mol. The Bertz CT molecular complexity index is 912. The predicted octanol–water partition coefficient (Wildman–Crippen LogP) is 2.40. The first-order valence-corrected chi connectivity index (χ1v) is 10.4. The molecule has 0 radical (unpaired) electrons. The number of piperazine rings is 1. The summed E-state index contributed by atoms with van der Waals surface area (Å²) in [4.78, 5) is 2.25. The number of sulfonamides is 1. The first kappa shape index (κ1) is 19.7. The van der Waals surface area contributed by atoms with Crippen molar-refractivity contribution in [1.29, 1.82) is 0 Å². The SMILES string of the molecule is COc1ccccc1C1CNCCN1S(=O)(=O)c1ccc(C)c(N(C)C)c1. The van der Waals surface area contributed by atoms with Gasteiger partial charge in [-0.1, -0.05) is 24.3 Å². The van der Waals surface area contributed by atoms with Gasteiger partial charge in [-0.3, -0.25) is 0 Å². The lowest BCUT2D eigenvalue weighted by atomic mass is 10.0. The van der Waals surface area contributed by atoms with Crippen LogP contribution in [0.1, 0.15) is 17.2 Å². The van der Waals surface area contributed by atoms with Crippen LogP contribution in [0.4, 0.5) is 5.69 Å². The fourth-order valence-corrected chi connectivity index (χ4v) is 5.17. The van der Waals surface area contributed by atoms with Gasteiger partial charge in [-0.25, -0.2) is 8.42 Å². The number of anilines is 1. The van der Waals surface area contributed by atoms with Crippen molar-refractivity contribution >= 4 is 15.7 Å². The van der Waals surface area contributed by atoms with Crippen LogP contribution < -0.4 is 15.0 Å². The van der Waals surface area contributed by atoms with E-state index >= 15 is 0 Å². The molecule has 1 aliphatic rings. The average molecular weight is 390 g/mol. The lowest BCUT2D eigenvalue weighted by molar-refractivity contribution is 0.264. The largest absolute Gasteiger partial charge is 0.496 e. The molecule has 1 unspecified atom stereocenters. The van der Waals surface area contributed by atoms with Crippen LogP contribution in [0.25, 0.3) is 0 Å². The second kappa shape index (κ2) is 7.88. The quantitative estimate of drug-likeness (QED) is 0.851. The van der Waals surface area contributed by atoms with Crippen LogP contribution in [-0.4, -0.2) is 53.6 Å². The van der Waals surface area contributed by atoms with Crippen LogP contribution in [0.3, 0.4) is 0 Å². The molecule has 0 bridgehead atoms. The van der Waals surface area contributed by atoms with E-state index in [1.807, 2.05) is 56.3 Å². The Morgan fingerprint density at radius 1 is 1.19 bits per heavy atom. The van der Waals surface area contributed by atoms with E-state index in [4.69, 9.17) is 4.74 Å². The summed E-state index contributed by atoms with van der Waals surface area (Å²) in [7, 11) is 1.80. The van der Waals surface area contributed by atoms with Crippen LogP contribution in [0.15, 0.2) is 47.4 Å². The Labute approximate surface area is 161 Å². The Morgan fingerprint density at radius 3 is 2.63 bits per heavy atom. The van der Waals surface area contributed by atoms with Crippen molar-refractivity contribution in [3.8, 4) is 5.75 Å². The van der Waals surface area contributed by atoms with Crippen molar-refractivity contribution in [3.05, 3.63) is 53.6 Å². The molecule has 2 aromatic carbocycles. The molecule has 146 valence electrons. The van der Waals surface area contributed by atoms with Crippen molar-refractivity contribution in [2.75, 3.05) is 45.7 Å². The zero-order valence-corrected chi connectivity index (χ0v) is 17.1. The number of ether oxygens (including phenoxy) is 1. The highest BCUT2D eigenvalue weighted by atomic mass is 32.2. The van der Waals surface area contributed by atoms with E-state index in [0.29, 0.717) is 30.3 Å². The van der Waals surface area contributed by atoms with Crippen LogP contribution in [0, 0.1) is 6.92 Å². The number of para-hydroxylation sites is 1. The van der Waals surface area contributed by atoms with Gasteiger partial charge < -0.3 is 15.0 Å². The summed E-state index contributed by atoms with van der Waals surface area (Å²) in [6.45, 7) is 3.56. The summed E-state index contributed by atoms with van der Waals surface area (Å²) in [5.41, 5.74) is 2.82. The molecule has 0 saturated carbocycles. The van der Waals surface area contributed by atoms with Crippen LogP contribution >= 0.6 is 0 Å². The van der Waals surface area contributed by atoms with E-state index in [2.05, 4.69) is 5.32 Å². The lowest BCUT2D eigenvalue weighted by Crippen LogP contribution is -2.48. The maximum atomic E-state index is 13.5. The third-order valence-corrected chi connectivity index (χ3v) is 6.87. The van der Waals surface area contributed by atoms with E-state index in [1.165, 1.54) is 0 Å². The van der Waals surface area contributed by atoms with Gasteiger partial charge in [-0.05, 0) is 30.7 Å². The normalized spacial score (nSPS) is 18.3. The van der Waals surface area contributed by atoms with Crippen LogP contribution in [0.2, 0.25) is 0 Å². The minimum atomic E-state index is -3.65. The molecule has 1 heterocycles. The van der Waals surface area contributed by atoms with Crippen LogP contribution in [-0.2, 0) is 10.0 Å². The number of nitrogens with zero attached hydrogens (tertiary/aromatic N) is 2.